The number of amides is 1. The second-order valence-corrected chi connectivity index (χ2v) is 12.7. The zero-order valence-corrected chi connectivity index (χ0v) is 23.9. The van der Waals surface area contributed by atoms with Crippen molar-refractivity contribution >= 4 is 50.7 Å². The van der Waals surface area contributed by atoms with E-state index in [1.165, 1.54) is 6.07 Å². The Bertz CT molecular complexity index is 1270. The van der Waals surface area contributed by atoms with Crippen LogP contribution in [0.5, 0.6) is 0 Å². The van der Waals surface area contributed by atoms with E-state index in [1.807, 2.05) is 0 Å². The number of carbonyl (C=O) groups excluding carboxylic acids is 1. The monoisotopic (exact) mass is 613 g/mol. The Morgan fingerprint density at radius 1 is 1.03 bits per heavy atom. The molecular formula is C25H29Cl3F3N3O3S. The summed E-state index contributed by atoms with van der Waals surface area (Å²) < 4.78 is 65.4. The van der Waals surface area contributed by atoms with Gasteiger partial charge in [0.2, 0.25) is 15.9 Å². The van der Waals surface area contributed by atoms with Gasteiger partial charge in [-0.3, -0.25) is 4.79 Å². The summed E-state index contributed by atoms with van der Waals surface area (Å²) in [5, 5.41) is 2.97. The molecule has 1 saturated heterocycles. The van der Waals surface area contributed by atoms with E-state index >= 15 is 0 Å². The minimum Gasteiger partial charge on any atom is -0.351 e. The summed E-state index contributed by atoms with van der Waals surface area (Å²) in [4.78, 5) is 15.7. The van der Waals surface area contributed by atoms with Crippen molar-refractivity contribution in [1.29, 1.82) is 0 Å². The molecule has 0 radical (unpaired) electrons. The van der Waals surface area contributed by atoms with Crippen molar-refractivity contribution in [3.63, 3.8) is 0 Å². The van der Waals surface area contributed by atoms with E-state index in [0.29, 0.717) is 49.5 Å². The second-order valence-electron chi connectivity index (χ2n) is 9.71. The summed E-state index contributed by atoms with van der Waals surface area (Å²) >= 11 is 18.0. The molecular weight excluding hydrogens is 586 g/mol. The molecule has 13 heteroatoms. The highest BCUT2D eigenvalue weighted by Crippen LogP contribution is 2.36. The van der Waals surface area contributed by atoms with Crippen molar-refractivity contribution in [3.8, 4) is 0 Å². The molecule has 0 aromatic heterocycles. The molecule has 2 N–H and O–H groups in total. The molecule has 1 amide bonds. The van der Waals surface area contributed by atoms with Crippen LogP contribution in [0.3, 0.4) is 0 Å². The van der Waals surface area contributed by atoms with Crippen LogP contribution in [0.25, 0.3) is 0 Å². The average molecular weight is 615 g/mol. The molecule has 2 aromatic carbocycles. The first-order chi connectivity index (χ1) is 17.6. The molecule has 1 heterocycles. The topological polar surface area (TPSA) is 78.5 Å². The van der Waals surface area contributed by atoms with Crippen molar-refractivity contribution in [2.24, 2.45) is 0 Å². The Balaban J connectivity index is 1.75. The molecule has 1 aliphatic heterocycles. The smallest absolute Gasteiger partial charge is 0.351 e. The van der Waals surface area contributed by atoms with Gasteiger partial charge in [-0.25, -0.2) is 13.1 Å². The molecule has 38 heavy (non-hydrogen) atoms. The van der Waals surface area contributed by atoms with Gasteiger partial charge in [-0.15, -0.1) is 0 Å². The third-order valence-corrected chi connectivity index (χ3v) is 8.57. The van der Waals surface area contributed by atoms with Gasteiger partial charge in [0.15, 0.2) is 0 Å². The van der Waals surface area contributed by atoms with Crippen LogP contribution in [-0.4, -0.2) is 51.2 Å². The third kappa shape index (κ3) is 8.22. The standard InChI is InChI=1S/C25H29Cl3F3N3O3S/c1-24(17-4-6-21(27)22(28)14-17,9-12-34-10-7-18(8-11-34)33-38(2,36)37)23(35)32-15-16-3-5-20(26)19(13-16)25(29,30)31/h3-6,13-14,18,33H,7-12,15H2,1-2H3,(H,32,35). The van der Waals surface area contributed by atoms with Gasteiger partial charge < -0.3 is 10.2 Å². The highest BCUT2D eigenvalue weighted by Gasteiger charge is 2.37. The first kappa shape index (κ1) is 31.0. The summed E-state index contributed by atoms with van der Waals surface area (Å²) in [5.41, 5.74) is -1.17. The summed E-state index contributed by atoms with van der Waals surface area (Å²) in [6, 6.07) is 8.31. The number of halogens is 6. The molecule has 6 nitrogen and oxygen atoms in total. The molecule has 2 aromatic rings. The fraction of sp³-hybridized carbons (Fsp3) is 0.480. The highest BCUT2D eigenvalue weighted by atomic mass is 35.5. The van der Waals surface area contributed by atoms with Gasteiger partial charge in [-0.1, -0.05) is 46.9 Å². The van der Waals surface area contributed by atoms with E-state index in [4.69, 9.17) is 34.8 Å². The Morgan fingerprint density at radius 2 is 1.66 bits per heavy atom. The Labute approximate surface area is 235 Å². The first-order valence-corrected chi connectivity index (χ1v) is 14.9. The molecule has 3 rings (SSSR count). The molecule has 1 aliphatic rings. The van der Waals surface area contributed by atoms with Crippen LogP contribution in [0.15, 0.2) is 36.4 Å². The molecule has 1 unspecified atom stereocenters. The van der Waals surface area contributed by atoms with E-state index < -0.39 is 32.2 Å². The fourth-order valence-electron chi connectivity index (χ4n) is 4.46. The van der Waals surface area contributed by atoms with Crippen molar-refractivity contribution in [3.05, 3.63) is 68.2 Å². The van der Waals surface area contributed by atoms with Crippen LogP contribution in [-0.2, 0) is 33.0 Å². The van der Waals surface area contributed by atoms with Gasteiger partial charge in [0.25, 0.3) is 0 Å². The lowest BCUT2D eigenvalue weighted by Gasteiger charge is -2.35. The number of hydrogen-bond acceptors (Lipinski definition) is 4. The minimum absolute atomic E-state index is 0.126. The minimum atomic E-state index is -4.62. The lowest BCUT2D eigenvalue weighted by atomic mass is 9.78. The van der Waals surface area contributed by atoms with Crippen LogP contribution < -0.4 is 10.0 Å². The summed E-state index contributed by atoms with van der Waals surface area (Å²) in [7, 11) is -3.29. The SMILES string of the molecule is CC(CCN1CCC(NS(C)(=O)=O)CC1)(C(=O)NCc1ccc(Cl)c(C(F)(F)F)c1)c1ccc(Cl)c(Cl)c1. The number of nitrogens with zero attached hydrogens (tertiary/aromatic N) is 1. The van der Waals surface area contributed by atoms with Crippen molar-refractivity contribution in [2.75, 3.05) is 25.9 Å². The molecule has 0 saturated carbocycles. The Morgan fingerprint density at radius 3 is 2.24 bits per heavy atom. The number of benzene rings is 2. The highest BCUT2D eigenvalue weighted by molar-refractivity contribution is 7.88. The Hall–Kier alpha value is -1.56. The van der Waals surface area contributed by atoms with Crippen LogP contribution in [0.1, 0.15) is 42.9 Å². The quantitative estimate of drug-likeness (QED) is 0.383. The van der Waals surface area contributed by atoms with Crippen molar-refractivity contribution in [2.45, 2.75) is 50.4 Å². The van der Waals surface area contributed by atoms with Gasteiger partial charge in [0.05, 0.1) is 32.3 Å². The number of piperidine rings is 1. The fourth-order valence-corrected chi connectivity index (χ4v) is 5.83. The van der Waals surface area contributed by atoms with E-state index in [1.54, 1.807) is 25.1 Å². The van der Waals surface area contributed by atoms with Crippen LogP contribution in [0, 0.1) is 0 Å². The summed E-state index contributed by atoms with van der Waals surface area (Å²) in [5.74, 6) is -0.381. The van der Waals surface area contributed by atoms with Gasteiger partial charge in [-0.2, -0.15) is 13.2 Å². The lowest BCUT2D eigenvalue weighted by Crippen LogP contribution is -2.47. The predicted molar refractivity (Wildman–Crippen MR) is 144 cm³/mol. The van der Waals surface area contributed by atoms with Gasteiger partial charge >= 0.3 is 6.18 Å². The molecule has 0 aliphatic carbocycles. The molecule has 1 fully saturated rings. The predicted octanol–water partition coefficient (Wildman–Crippen LogP) is 5.64. The maximum Gasteiger partial charge on any atom is 0.417 e. The van der Waals surface area contributed by atoms with E-state index in [2.05, 4.69) is 14.9 Å². The maximum atomic E-state index is 13.5. The Kier molecular flexibility index (Phi) is 10.0. The number of sulfonamides is 1. The zero-order chi connectivity index (χ0) is 28.3. The first-order valence-electron chi connectivity index (χ1n) is 11.9. The number of hydrogen-bond donors (Lipinski definition) is 2. The van der Waals surface area contributed by atoms with Gasteiger partial charge in [-0.05, 0) is 81.2 Å². The zero-order valence-electron chi connectivity index (χ0n) is 20.8. The number of nitrogens with one attached hydrogen (secondary N) is 2. The summed E-state index contributed by atoms with van der Waals surface area (Å²) in [6.45, 7) is 3.46. The lowest BCUT2D eigenvalue weighted by molar-refractivity contribution is -0.137. The number of carbonyl (C=O) groups is 1. The van der Waals surface area contributed by atoms with Crippen LogP contribution >= 0.6 is 34.8 Å². The average Bonchev–Trinajstić information content (AvgIpc) is 2.82. The van der Waals surface area contributed by atoms with E-state index in [9.17, 15) is 26.4 Å². The summed E-state index contributed by atoms with van der Waals surface area (Å²) in [6.07, 6.45) is -1.82. The van der Waals surface area contributed by atoms with Crippen LogP contribution in [0.2, 0.25) is 15.1 Å². The second kappa shape index (κ2) is 12.3. The van der Waals surface area contributed by atoms with Crippen molar-refractivity contribution in [1.82, 2.24) is 14.9 Å². The normalized spacial score (nSPS) is 17.3. The third-order valence-electron chi connectivity index (χ3n) is 6.74. The van der Waals surface area contributed by atoms with E-state index in [0.717, 1.165) is 18.4 Å². The molecule has 0 bridgehead atoms. The number of likely N-dealkylation sites (tertiary alicyclic amines) is 1. The van der Waals surface area contributed by atoms with E-state index in [-0.39, 0.29) is 29.1 Å². The largest absolute Gasteiger partial charge is 0.417 e. The molecule has 0 spiro atoms. The molecule has 1 atom stereocenters. The van der Waals surface area contributed by atoms with Gasteiger partial charge in [0.1, 0.15) is 0 Å². The maximum absolute atomic E-state index is 13.5. The van der Waals surface area contributed by atoms with Crippen molar-refractivity contribution < 1.29 is 26.4 Å². The number of rotatable bonds is 9. The van der Waals surface area contributed by atoms with Crippen LogP contribution in [0.4, 0.5) is 13.2 Å². The van der Waals surface area contributed by atoms with Gasteiger partial charge in [0, 0.05) is 12.6 Å². The number of alkyl halides is 3. The molecule has 210 valence electrons.